The van der Waals surface area contributed by atoms with Crippen LogP contribution in [0.2, 0.25) is 0 Å². The zero-order valence-electron chi connectivity index (χ0n) is 11.7. The van der Waals surface area contributed by atoms with Gasteiger partial charge in [-0.3, -0.25) is 0 Å². The molecule has 0 aliphatic carbocycles. The number of H-pyrrole nitrogens is 1. The minimum absolute atomic E-state index is 0.971. The molecule has 0 spiro atoms. The van der Waals surface area contributed by atoms with Crippen LogP contribution in [0.5, 0.6) is 0 Å². The zero-order chi connectivity index (χ0) is 12.8. The van der Waals surface area contributed by atoms with E-state index in [1.165, 1.54) is 11.3 Å². The summed E-state index contributed by atoms with van der Waals surface area (Å²) in [5.74, 6) is 0.971. The molecular formula is C14H24N3+. The molecule has 94 valence electrons. The van der Waals surface area contributed by atoms with Crippen molar-refractivity contribution in [1.29, 1.82) is 0 Å². The average Bonchev–Trinajstić information content (AvgIpc) is 2.29. The topological polar surface area (TPSA) is 30.3 Å². The van der Waals surface area contributed by atoms with E-state index in [-0.39, 0.29) is 0 Å². The van der Waals surface area contributed by atoms with E-state index in [1.807, 2.05) is 6.92 Å². The molecule has 0 fully saturated rings. The van der Waals surface area contributed by atoms with Gasteiger partial charge in [-0.05, 0) is 20.3 Å². The molecule has 3 nitrogen and oxygen atoms in total. The standard InChI is InChI=1S/C14H23N3/c1-6-13-11(4)15-12(5)16-14(13)9-10-17(7-2)8-3/h9-10H,6-8H2,1-5H3/p+1/b10-9+. The van der Waals surface area contributed by atoms with Crippen LogP contribution >= 0.6 is 0 Å². The number of aryl methyl sites for hydroxylation is 2. The Bertz CT molecular complexity index is 393. The molecular weight excluding hydrogens is 210 g/mol. The Hall–Kier alpha value is -1.38. The van der Waals surface area contributed by atoms with Gasteiger partial charge in [-0.2, -0.15) is 0 Å². The van der Waals surface area contributed by atoms with E-state index in [2.05, 4.69) is 54.8 Å². The van der Waals surface area contributed by atoms with Crippen LogP contribution in [0.25, 0.3) is 6.08 Å². The highest BCUT2D eigenvalue weighted by Crippen LogP contribution is 2.10. The predicted molar refractivity (Wildman–Crippen MR) is 71.6 cm³/mol. The van der Waals surface area contributed by atoms with Crippen molar-refractivity contribution in [2.75, 3.05) is 13.1 Å². The van der Waals surface area contributed by atoms with Crippen molar-refractivity contribution >= 4 is 6.08 Å². The van der Waals surface area contributed by atoms with Crippen molar-refractivity contribution < 1.29 is 4.98 Å². The fourth-order valence-corrected chi connectivity index (χ4v) is 2.02. The second-order valence-electron chi connectivity index (χ2n) is 4.19. The van der Waals surface area contributed by atoms with Crippen molar-refractivity contribution in [1.82, 2.24) is 9.88 Å². The smallest absolute Gasteiger partial charge is 0.293 e. The molecule has 3 heteroatoms. The minimum atomic E-state index is 0.971. The molecule has 0 atom stereocenters. The van der Waals surface area contributed by atoms with Crippen LogP contribution in [0.1, 0.15) is 43.5 Å². The molecule has 17 heavy (non-hydrogen) atoms. The molecule has 0 aliphatic rings. The third-order valence-corrected chi connectivity index (χ3v) is 3.03. The van der Waals surface area contributed by atoms with Gasteiger partial charge in [0.2, 0.25) is 0 Å². The number of nitrogens with one attached hydrogen (secondary N) is 1. The summed E-state index contributed by atoms with van der Waals surface area (Å²) in [6.07, 6.45) is 5.32. The first-order valence-corrected chi connectivity index (χ1v) is 6.43. The Morgan fingerprint density at radius 3 is 2.35 bits per heavy atom. The van der Waals surface area contributed by atoms with Gasteiger partial charge in [0.25, 0.3) is 5.82 Å². The molecule has 0 bridgehead atoms. The number of aromatic nitrogens is 2. The average molecular weight is 234 g/mol. The lowest BCUT2D eigenvalue weighted by Gasteiger charge is -2.14. The third-order valence-electron chi connectivity index (χ3n) is 3.03. The van der Waals surface area contributed by atoms with Gasteiger partial charge in [-0.15, -0.1) is 0 Å². The van der Waals surface area contributed by atoms with Crippen LogP contribution in [0.15, 0.2) is 6.20 Å². The van der Waals surface area contributed by atoms with E-state index in [9.17, 15) is 0 Å². The summed E-state index contributed by atoms with van der Waals surface area (Å²) in [5.41, 5.74) is 3.62. The molecule has 1 aromatic heterocycles. The summed E-state index contributed by atoms with van der Waals surface area (Å²) in [6, 6.07) is 0. The maximum Gasteiger partial charge on any atom is 0.293 e. The lowest BCUT2D eigenvalue weighted by atomic mass is 10.1. The van der Waals surface area contributed by atoms with E-state index in [4.69, 9.17) is 0 Å². The molecule has 1 N–H and O–H groups in total. The lowest BCUT2D eigenvalue weighted by molar-refractivity contribution is -0.396. The highest BCUT2D eigenvalue weighted by Gasteiger charge is 2.12. The Morgan fingerprint density at radius 2 is 1.82 bits per heavy atom. The molecule has 1 rings (SSSR count). The normalized spacial score (nSPS) is 11.1. The summed E-state index contributed by atoms with van der Waals surface area (Å²) in [7, 11) is 0. The molecule has 0 saturated carbocycles. The zero-order valence-corrected chi connectivity index (χ0v) is 11.7. The van der Waals surface area contributed by atoms with Crippen LogP contribution in [0.4, 0.5) is 0 Å². The minimum Gasteiger partial charge on any atom is -0.378 e. The first-order chi connectivity index (χ1) is 8.12. The molecule has 0 aromatic carbocycles. The lowest BCUT2D eigenvalue weighted by Crippen LogP contribution is -2.20. The first-order valence-electron chi connectivity index (χ1n) is 6.43. The van der Waals surface area contributed by atoms with Gasteiger partial charge >= 0.3 is 0 Å². The summed E-state index contributed by atoms with van der Waals surface area (Å²) in [6.45, 7) is 12.7. The summed E-state index contributed by atoms with van der Waals surface area (Å²) in [4.78, 5) is 10.1. The van der Waals surface area contributed by atoms with Crippen LogP contribution in [-0.2, 0) is 6.42 Å². The summed E-state index contributed by atoms with van der Waals surface area (Å²) < 4.78 is 0. The van der Waals surface area contributed by atoms with Gasteiger partial charge in [0.15, 0.2) is 5.69 Å². The summed E-state index contributed by atoms with van der Waals surface area (Å²) >= 11 is 0. The van der Waals surface area contributed by atoms with E-state index in [0.717, 1.165) is 31.0 Å². The first kappa shape index (κ1) is 13.7. The molecule has 0 amide bonds. The van der Waals surface area contributed by atoms with Gasteiger partial charge in [0.1, 0.15) is 5.69 Å². The van der Waals surface area contributed by atoms with Crippen molar-refractivity contribution in [3.63, 3.8) is 0 Å². The van der Waals surface area contributed by atoms with Gasteiger partial charge in [0, 0.05) is 44.8 Å². The molecule has 0 aliphatic heterocycles. The number of hydrogen-bond acceptors (Lipinski definition) is 2. The number of hydrogen-bond donors (Lipinski definition) is 0. The molecule has 1 aromatic rings. The molecule has 1 heterocycles. The van der Waals surface area contributed by atoms with Gasteiger partial charge in [0.05, 0.1) is 0 Å². The Morgan fingerprint density at radius 1 is 1.18 bits per heavy atom. The van der Waals surface area contributed by atoms with Gasteiger partial charge < -0.3 is 4.90 Å². The van der Waals surface area contributed by atoms with Crippen LogP contribution in [-0.4, -0.2) is 23.0 Å². The Balaban J connectivity index is 3.04. The second kappa shape index (κ2) is 6.38. The number of nitrogens with zero attached hydrogens (tertiary/aromatic N) is 2. The van der Waals surface area contributed by atoms with Crippen molar-refractivity contribution in [3.05, 3.63) is 29.0 Å². The second-order valence-corrected chi connectivity index (χ2v) is 4.19. The van der Waals surface area contributed by atoms with Crippen LogP contribution in [0, 0.1) is 13.8 Å². The van der Waals surface area contributed by atoms with Gasteiger partial charge in [-0.25, -0.2) is 4.98 Å². The number of aromatic amines is 1. The maximum absolute atomic E-state index is 4.47. The Kier molecular flexibility index (Phi) is 5.13. The molecule has 0 unspecified atom stereocenters. The van der Waals surface area contributed by atoms with Crippen molar-refractivity contribution in [2.24, 2.45) is 0 Å². The summed E-state index contributed by atoms with van der Waals surface area (Å²) in [5, 5.41) is 0. The highest BCUT2D eigenvalue weighted by molar-refractivity contribution is 5.47. The molecule has 0 saturated heterocycles. The highest BCUT2D eigenvalue weighted by atomic mass is 15.1. The Labute approximate surface area is 105 Å². The SMILES string of the molecule is CCc1c(C)nc(C)[nH+]c1/C=C/N(CC)CC. The number of rotatable bonds is 5. The fourth-order valence-electron chi connectivity index (χ4n) is 2.02. The third kappa shape index (κ3) is 3.55. The van der Waals surface area contributed by atoms with Crippen LogP contribution in [0.3, 0.4) is 0 Å². The maximum atomic E-state index is 4.47. The van der Waals surface area contributed by atoms with E-state index in [0.29, 0.717) is 0 Å². The van der Waals surface area contributed by atoms with E-state index < -0.39 is 0 Å². The van der Waals surface area contributed by atoms with E-state index >= 15 is 0 Å². The van der Waals surface area contributed by atoms with Gasteiger partial charge in [-0.1, -0.05) is 11.9 Å². The predicted octanol–water partition coefficient (Wildman–Crippen LogP) is 2.39. The quantitative estimate of drug-likeness (QED) is 0.783. The van der Waals surface area contributed by atoms with Crippen molar-refractivity contribution in [2.45, 2.75) is 41.0 Å². The molecule has 0 radical (unpaired) electrons. The van der Waals surface area contributed by atoms with Crippen molar-refractivity contribution in [3.8, 4) is 0 Å². The van der Waals surface area contributed by atoms with Crippen LogP contribution < -0.4 is 4.98 Å². The largest absolute Gasteiger partial charge is 0.378 e. The van der Waals surface area contributed by atoms with E-state index in [1.54, 1.807) is 0 Å². The monoisotopic (exact) mass is 234 g/mol. The fraction of sp³-hybridized carbons (Fsp3) is 0.571.